The van der Waals surface area contributed by atoms with Gasteiger partial charge in [-0.1, -0.05) is 12.8 Å². The third-order valence-electron chi connectivity index (χ3n) is 4.16. The van der Waals surface area contributed by atoms with Crippen LogP contribution in [0.2, 0.25) is 0 Å². The third-order valence-corrected chi connectivity index (χ3v) is 6.43. The number of fused-ring (bicyclic) bond motifs is 1. The van der Waals surface area contributed by atoms with E-state index in [9.17, 15) is 0 Å². The largest absolute Gasteiger partial charge is 0.383 e. The number of aromatic nitrogens is 2. The second kappa shape index (κ2) is 5.90. The average molecular weight is 307 g/mol. The predicted molar refractivity (Wildman–Crippen MR) is 89.4 cm³/mol. The zero-order valence-corrected chi connectivity index (χ0v) is 13.7. The molecule has 3 rings (SSSR count). The molecule has 0 unspecified atom stereocenters. The van der Waals surface area contributed by atoms with Crippen molar-refractivity contribution in [1.29, 1.82) is 0 Å². The van der Waals surface area contributed by atoms with Crippen LogP contribution in [-0.4, -0.2) is 15.7 Å². The van der Waals surface area contributed by atoms with Crippen molar-refractivity contribution in [3.8, 4) is 0 Å². The van der Waals surface area contributed by atoms with Crippen molar-refractivity contribution in [3.63, 3.8) is 0 Å². The molecule has 3 nitrogen and oxygen atoms in total. The van der Waals surface area contributed by atoms with Gasteiger partial charge in [-0.25, -0.2) is 9.97 Å². The zero-order chi connectivity index (χ0) is 14.1. The highest BCUT2D eigenvalue weighted by molar-refractivity contribution is 7.98. The summed E-state index contributed by atoms with van der Waals surface area (Å²) in [4.78, 5) is 11.5. The highest BCUT2D eigenvalue weighted by atomic mass is 32.2. The molecule has 0 amide bonds. The normalized spacial score (nSPS) is 16.3. The monoisotopic (exact) mass is 307 g/mol. The van der Waals surface area contributed by atoms with Crippen LogP contribution in [0.15, 0.2) is 0 Å². The number of aryl methyl sites for hydroxylation is 2. The van der Waals surface area contributed by atoms with Crippen LogP contribution >= 0.6 is 23.1 Å². The summed E-state index contributed by atoms with van der Waals surface area (Å²) >= 11 is 3.68. The lowest BCUT2D eigenvalue weighted by atomic mass is 10.1. The Balaban J connectivity index is 1.72. The first-order chi connectivity index (χ1) is 9.65. The van der Waals surface area contributed by atoms with Crippen LogP contribution < -0.4 is 5.73 Å². The molecule has 1 aliphatic rings. The van der Waals surface area contributed by atoms with Crippen LogP contribution in [0.3, 0.4) is 0 Å². The molecule has 0 saturated heterocycles. The van der Waals surface area contributed by atoms with Gasteiger partial charge in [-0.3, -0.25) is 0 Å². The minimum atomic E-state index is 0.647. The molecule has 0 spiro atoms. The number of hydrogen-bond donors (Lipinski definition) is 1. The molecule has 1 saturated carbocycles. The molecule has 0 aliphatic heterocycles. The second-order valence-corrected chi connectivity index (χ2v) is 7.89. The van der Waals surface area contributed by atoms with E-state index in [1.165, 1.54) is 41.9 Å². The van der Waals surface area contributed by atoms with Gasteiger partial charge in [0.2, 0.25) is 0 Å². The van der Waals surface area contributed by atoms with Gasteiger partial charge in [-0.2, -0.15) is 11.8 Å². The molecule has 5 heteroatoms. The molecule has 0 atom stereocenters. The Morgan fingerprint density at radius 1 is 1.25 bits per heavy atom. The minimum absolute atomic E-state index is 0.647. The van der Waals surface area contributed by atoms with Gasteiger partial charge in [-0.05, 0) is 43.9 Å². The average Bonchev–Trinajstić information content (AvgIpc) is 2.99. The van der Waals surface area contributed by atoms with E-state index < -0.39 is 0 Å². The van der Waals surface area contributed by atoms with Gasteiger partial charge >= 0.3 is 0 Å². The molecule has 0 radical (unpaired) electrons. The molecule has 1 aliphatic carbocycles. The summed E-state index contributed by atoms with van der Waals surface area (Å²) in [6.45, 7) is 4.22. The quantitative estimate of drug-likeness (QED) is 0.914. The molecule has 2 heterocycles. The van der Waals surface area contributed by atoms with E-state index in [0.717, 1.165) is 27.7 Å². The van der Waals surface area contributed by atoms with Crippen molar-refractivity contribution in [3.05, 3.63) is 16.3 Å². The first-order valence-corrected chi connectivity index (χ1v) is 9.22. The van der Waals surface area contributed by atoms with Gasteiger partial charge < -0.3 is 5.73 Å². The number of hydrogen-bond acceptors (Lipinski definition) is 5. The maximum Gasteiger partial charge on any atom is 0.142 e. The molecule has 0 bridgehead atoms. The topological polar surface area (TPSA) is 51.8 Å². The van der Waals surface area contributed by atoms with E-state index in [2.05, 4.69) is 23.8 Å². The summed E-state index contributed by atoms with van der Waals surface area (Å²) in [6, 6.07) is 0. The molecule has 20 heavy (non-hydrogen) atoms. The summed E-state index contributed by atoms with van der Waals surface area (Å²) < 4.78 is 0. The number of nitrogens with two attached hydrogens (primary N) is 1. The Labute approximate surface area is 128 Å². The Hall–Kier alpha value is -0.810. The Kier molecular flexibility index (Phi) is 4.17. The third kappa shape index (κ3) is 2.79. The predicted octanol–water partition coefficient (Wildman–Crippen LogP) is 4.31. The summed E-state index contributed by atoms with van der Waals surface area (Å²) in [7, 11) is 0. The minimum Gasteiger partial charge on any atom is -0.383 e. The number of thioether (sulfide) groups is 1. The second-order valence-electron chi connectivity index (χ2n) is 5.65. The summed E-state index contributed by atoms with van der Waals surface area (Å²) in [5.74, 6) is 4.57. The molecule has 2 aromatic heterocycles. The molecule has 1 fully saturated rings. The van der Waals surface area contributed by atoms with Crippen molar-refractivity contribution in [2.45, 2.75) is 45.3 Å². The highest BCUT2D eigenvalue weighted by Gasteiger charge is 2.16. The van der Waals surface area contributed by atoms with Gasteiger partial charge in [0.25, 0.3) is 0 Å². The Morgan fingerprint density at radius 3 is 2.75 bits per heavy atom. The Morgan fingerprint density at radius 2 is 2.00 bits per heavy atom. The first kappa shape index (κ1) is 14.1. The van der Waals surface area contributed by atoms with Crippen LogP contribution in [0.5, 0.6) is 0 Å². The maximum atomic E-state index is 6.11. The molecule has 0 aromatic carbocycles. The summed E-state index contributed by atoms with van der Waals surface area (Å²) in [6.07, 6.45) is 5.62. The Bertz CT molecular complexity index is 615. The van der Waals surface area contributed by atoms with Gasteiger partial charge in [-0.15, -0.1) is 11.3 Å². The van der Waals surface area contributed by atoms with E-state index in [0.29, 0.717) is 5.82 Å². The number of rotatable bonds is 4. The number of thiophene rings is 1. The standard InChI is InChI=1S/C15H21N3S2/c1-9-10(2)20-15-13(9)14(16)17-12(18-15)8-19-7-11-5-3-4-6-11/h11H,3-8H2,1-2H3,(H2,16,17,18). The van der Waals surface area contributed by atoms with Gasteiger partial charge in [0.15, 0.2) is 0 Å². The summed E-state index contributed by atoms with van der Waals surface area (Å²) in [5.41, 5.74) is 7.34. The SMILES string of the molecule is Cc1sc2nc(CSCC3CCCC3)nc(N)c2c1C. The van der Waals surface area contributed by atoms with Crippen LogP contribution in [0.25, 0.3) is 10.2 Å². The fraction of sp³-hybridized carbons (Fsp3) is 0.600. The van der Waals surface area contributed by atoms with E-state index in [-0.39, 0.29) is 0 Å². The smallest absolute Gasteiger partial charge is 0.142 e. The van der Waals surface area contributed by atoms with Gasteiger partial charge in [0, 0.05) is 4.88 Å². The van der Waals surface area contributed by atoms with Crippen LogP contribution in [0.1, 0.15) is 41.9 Å². The van der Waals surface area contributed by atoms with E-state index >= 15 is 0 Å². The number of anilines is 1. The molecule has 2 N–H and O–H groups in total. The van der Waals surface area contributed by atoms with Gasteiger partial charge in [0.1, 0.15) is 16.5 Å². The van der Waals surface area contributed by atoms with Crippen LogP contribution in [-0.2, 0) is 5.75 Å². The van der Waals surface area contributed by atoms with Crippen molar-refractivity contribution in [2.24, 2.45) is 5.92 Å². The lowest BCUT2D eigenvalue weighted by molar-refractivity contribution is 0.623. The number of nitrogen functional groups attached to an aromatic ring is 1. The molecule has 2 aromatic rings. The van der Waals surface area contributed by atoms with E-state index in [1.54, 1.807) is 11.3 Å². The molecule has 108 valence electrons. The van der Waals surface area contributed by atoms with Crippen molar-refractivity contribution < 1.29 is 0 Å². The van der Waals surface area contributed by atoms with Crippen LogP contribution in [0.4, 0.5) is 5.82 Å². The lowest BCUT2D eigenvalue weighted by Crippen LogP contribution is -2.01. The van der Waals surface area contributed by atoms with Crippen molar-refractivity contribution in [1.82, 2.24) is 9.97 Å². The lowest BCUT2D eigenvalue weighted by Gasteiger charge is -2.08. The fourth-order valence-corrected chi connectivity index (χ4v) is 5.04. The first-order valence-electron chi connectivity index (χ1n) is 7.25. The molecular weight excluding hydrogens is 286 g/mol. The van der Waals surface area contributed by atoms with Crippen LogP contribution in [0, 0.1) is 19.8 Å². The number of nitrogens with zero attached hydrogens (tertiary/aromatic N) is 2. The van der Waals surface area contributed by atoms with E-state index in [4.69, 9.17) is 5.73 Å². The highest BCUT2D eigenvalue weighted by Crippen LogP contribution is 2.33. The van der Waals surface area contributed by atoms with Crippen molar-refractivity contribution >= 4 is 39.1 Å². The van der Waals surface area contributed by atoms with Gasteiger partial charge in [0.05, 0.1) is 11.1 Å². The van der Waals surface area contributed by atoms with Crippen molar-refractivity contribution in [2.75, 3.05) is 11.5 Å². The zero-order valence-electron chi connectivity index (χ0n) is 12.1. The summed E-state index contributed by atoms with van der Waals surface area (Å²) in [5, 5.41) is 1.05. The maximum absolute atomic E-state index is 6.11. The fourth-order valence-electron chi connectivity index (χ4n) is 2.89. The molecular formula is C15H21N3S2. The van der Waals surface area contributed by atoms with E-state index in [1.807, 2.05) is 11.8 Å².